The highest BCUT2D eigenvalue weighted by molar-refractivity contribution is 6.38. The molecule has 10 heteroatoms. The number of Topliss-reactive ketones (excluding diaryl/α,β-unsaturated/α-hetero) is 1. The number of benzene rings is 1. The molecule has 238 valence electrons. The van der Waals surface area contributed by atoms with E-state index in [1.807, 2.05) is 52.0 Å². The number of carbonyl (C=O) groups excluding carboxylic acids is 5. The summed E-state index contributed by atoms with van der Waals surface area (Å²) in [5.74, 6) is -2.46. The molecule has 0 saturated carbocycles. The van der Waals surface area contributed by atoms with E-state index in [1.54, 1.807) is 0 Å². The van der Waals surface area contributed by atoms with Crippen molar-refractivity contribution in [1.29, 1.82) is 0 Å². The second kappa shape index (κ2) is 16.8. The summed E-state index contributed by atoms with van der Waals surface area (Å²) in [6.45, 7) is 15.7. The predicted molar refractivity (Wildman–Crippen MR) is 168 cm³/mol. The van der Waals surface area contributed by atoms with Crippen LogP contribution in [-0.2, 0) is 32.0 Å². The molecule has 0 aromatic heterocycles. The fourth-order valence-electron chi connectivity index (χ4n) is 5.45. The molecule has 1 saturated heterocycles. The van der Waals surface area contributed by atoms with Crippen LogP contribution < -0.4 is 21.3 Å². The van der Waals surface area contributed by atoms with Gasteiger partial charge in [-0.05, 0) is 69.9 Å². The lowest BCUT2D eigenvalue weighted by atomic mass is 9.94. The van der Waals surface area contributed by atoms with Gasteiger partial charge in [0.1, 0.15) is 12.1 Å². The summed E-state index contributed by atoms with van der Waals surface area (Å²) in [6.07, 6.45) is 5.91. The van der Waals surface area contributed by atoms with E-state index in [4.69, 9.17) is 0 Å². The minimum absolute atomic E-state index is 0.143. The summed E-state index contributed by atoms with van der Waals surface area (Å²) in [7, 11) is 0. The van der Waals surface area contributed by atoms with E-state index in [9.17, 15) is 24.0 Å². The molecular formula is C33H51N5O5. The second-order valence-electron chi connectivity index (χ2n) is 12.4. The van der Waals surface area contributed by atoms with Crippen LogP contribution in [0.3, 0.4) is 0 Å². The SMILES string of the molecule is C=CCNC(=O)C(=O)C(CCC)NC(=O)[C@@H]1CCCN1C(=O)[C@@H](NC(=O)NC(C)(C)C)C1Cc2ccccc2C1.CCC. The van der Waals surface area contributed by atoms with E-state index in [1.165, 1.54) is 17.4 Å². The van der Waals surface area contributed by atoms with Gasteiger partial charge in [0, 0.05) is 18.6 Å². The number of hydrogen-bond donors (Lipinski definition) is 4. The zero-order valence-electron chi connectivity index (χ0n) is 26.8. The van der Waals surface area contributed by atoms with Gasteiger partial charge in [0.25, 0.3) is 5.91 Å². The van der Waals surface area contributed by atoms with Gasteiger partial charge in [-0.25, -0.2) is 4.79 Å². The third kappa shape index (κ3) is 10.5. The first-order valence-electron chi connectivity index (χ1n) is 15.6. The van der Waals surface area contributed by atoms with Crippen molar-refractivity contribution in [2.45, 2.75) is 110 Å². The third-order valence-corrected chi connectivity index (χ3v) is 7.27. The number of ketones is 1. The number of nitrogens with zero attached hydrogens (tertiary/aromatic N) is 1. The minimum atomic E-state index is -0.990. The monoisotopic (exact) mass is 597 g/mol. The first-order chi connectivity index (χ1) is 20.4. The summed E-state index contributed by atoms with van der Waals surface area (Å²) >= 11 is 0. The van der Waals surface area contributed by atoms with Crippen LogP contribution in [0.15, 0.2) is 36.9 Å². The smallest absolute Gasteiger partial charge is 0.315 e. The summed E-state index contributed by atoms with van der Waals surface area (Å²) < 4.78 is 0. The molecule has 3 atom stereocenters. The van der Waals surface area contributed by atoms with Crippen LogP contribution in [0.1, 0.15) is 84.8 Å². The summed E-state index contributed by atoms with van der Waals surface area (Å²) in [4.78, 5) is 66.9. The quantitative estimate of drug-likeness (QED) is 0.229. The van der Waals surface area contributed by atoms with E-state index in [0.717, 1.165) is 11.1 Å². The number of rotatable bonds is 11. The van der Waals surface area contributed by atoms with Crippen molar-refractivity contribution >= 4 is 29.5 Å². The molecule has 4 N–H and O–H groups in total. The van der Waals surface area contributed by atoms with E-state index < -0.39 is 47.3 Å². The molecule has 10 nitrogen and oxygen atoms in total. The van der Waals surface area contributed by atoms with Crippen molar-refractivity contribution in [3.8, 4) is 0 Å². The highest BCUT2D eigenvalue weighted by Gasteiger charge is 2.43. The molecule has 0 radical (unpaired) electrons. The number of amides is 5. The first kappa shape index (κ1) is 35.5. The Hall–Kier alpha value is -3.69. The molecule has 43 heavy (non-hydrogen) atoms. The third-order valence-electron chi connectivity index (χ3n) is 7.27. The fraction of sp³-hybridized carbons (Fsp3) is 0.606. The molecule has 5 amide bonds. The Morgan fingerprint density at radius 1 is 1.02 bits per heavy atom. The van der Waals surface area contributed by atoms with Gasteiger partial charge < -0.3 is 26.2 Å². The zero-order valence-corrected chi connectivity index (χ0v) is 26.8. The molecule has 1 heterocycles. The Kier molecular flexibility index (Phi) is 13.9. The molecule has 1 aromatic carbocycles. The number of likely N-dealkylation sites (tertiary alicyclic amines) is 1. The topological polar surface area (TPSA) is 137 Å². The Balaban J connectivity index is 0.00000206. The van der Waals surface area contributed by atoms with Gasteiger partial charge in [0.2, 0.25) is 17.6 Å². The molecule has 0 bridgehead atoms. The van der Waals surface area contributed by atoms with Crippen LogP contribution in [0.2, 0.25) is 0 Å². The van der Waals surface area contributed by atoms with Gasteiger partial charge in [-0.3, -0.25) is 19.2 Å². The maximum Gasteiger partial charge on any atom is 0.315 e. The predicted octanol–water partition coefficient (Wildman–Crippen LogP) is 3.43. The maximum atomic E-state index is 14.0. The van der Waals surface area contributed by atoms with E-state index >= 15 is 0 Å². The van der Waals surface area contributed by atoms with Crippen molar-refractivity contribution in [2.75, 3.05) is 13.1 Å². The number of carbonyl (C=O) groups is 5. The van der Waals surface area contributed by atoms with E-state index in [0.29, 0.717) is 45.1 Å². The summed E-state index contributed by atoms with van der Waals surface area (Å²) in [6, 6.07) is 4.93. The van der Waals surface area contributed by atoms with Crippen molar-refractivity contribution in [3.05, 3.63) is 48.0 Å². The molecule has 3 rings (SSSR count). The molecule has 1 fully saturated rings. The summed E-state index contributed by atoms with van der Waals surface area (Å²) in [5, 5.41) is 11.0. The second-order valence-corrected chi connectivity index (χ2v) is 12.4. The zero-order chi connectivity index (χ0) is 32.2. The molecular weight excluding hydrogens is 546 g/mol. The van der Waals surface area contributed by atoms with Crippen molar-refractivity contribution in [1.82, 2.24) is 26.2 Å². The summed E-state index contributed by atoms with van der Waals surface area (Å²) in [5.41, 5.74) is 1.80. The van der Waals surface area contributed by atoms with Gasteiger partial charge >= 0.3 is 6.03 Å². The Morgan fingerprint density at radius 2 is 1.63 bits per heavy atom. The van der Waals surface area contributed by atoms with Crippen LogP contribution >= 0.6 is 0 Å². The van der Waals surface area contributed by atoms with Crippen LogP contribution in [0.4, 0.5) is 4.79 Å². The standard InChI is InChI=1S/C30H43N5O5.C3H8/c1-6-11-22(25(36)27(38)31-15-7-2)32-26(37)23-14-10-16-35(23)28(39)24(33-29(40)34-30(3,4)5)21-17-19-12-8-9-13-20(19)18-21;1-3-2/h7-9,12-13,21-24H,2,6,10-11,14-18H2,1,3-5H3,(H,31,38)(H,32,37)(H2,33,34,40);3H2,1-2H3/t22?,23-,24-;/m0./s1. The minimum Gasteiger partial charge on any atom is -0.346 e. The van der Waals surface area contributed by atoms with E-state index in [2.05, 4.69) is 41.7 Å². The van der Waals surface area contributed by atoms with Crippen LogP contribution in [0.5, 0.6) is 0 Å². The maximum absolute atomic E-state index is 14.0. The van der Waals surface area contributed by atoms with Crippen molar-refractivity contribution in [3.63, 3.8) is 0 Å². The van der Waals surface area contributed by atoms with Gasteiger partial charge in [0.05, 0.1) is 6.04 Å². The van der Waals surface area contributed by atoms with Crippen molar-refractivity contribution < 1.29 is 24.0 Å². The normalized spacial score (nSPS) is 17.4. The van der Waals surface area contributed by atoms with Crippen LogP contribution in [0, 0.1) is 5.92 Å². The van der Waals surface area contributed by atoms with Gasteiger partial charge in [-0.15, -0.1) is 6.58 Å². The molecule has 1 aliphatic carbocycles. The van der Waals surface area contributed by atoms with E-state index in [-0.39, 0.29) is 18.4 Å². The van der Waals surface area contributed by atoms with Crippen LogP contribution in [-0.4, -0.2) is 71.2 Å². The van der Waals surface area contributed by atoms with Gasteiger partial charge in [-0.1, -0.05) is 64.0 Å². The lowest BCUT2D eigenvalue weighted by Gasteiger charge is -2.33. The number of nitrogens with one attached hydrogen (secondary N) is 4. The molecule has 1 unspecified atom stereocenters. The molecule has 1 aromatic rings. The van der Waals surface area contributed by atoms with Crippen molar-refractivity contribution in [2.24, 2.45) is 5.92 Å². The lowest BCUT2D eigenvalue weighted by molar-refractivity contribution is -0.143. The molecule has 2 aliphatic rings. The lowest BCUT2D eigenvalue weighted by Crippen LogP contribution is -2.60. The Labute approximate surface area is 256 Å². The molecule has 0 spiro atoms. The number of urea groups is 1. The average molecular weight is 598 g/mol. The van der Waals surface area contributed by atoms with Gasteiger partial charge in [0.15, 0.2) is 0 Å². The number of hydrogen-bond acceptors (Lipinski definition) is 5. The molecule has 1 aliphatic heterocycles. The van der Waals surface area contributed by atoms with Crippen LogP contribution in [0.25, 0.3) is 0 Å². The van der Waals surface area contributed by atoms with Gasteiger partial charge in [-0.2, -0.15) is 0 Å². The number of fused-ring (bicyclic) bond motifs is 1. The Bertz CT molecular complexity index is 1120. The Morgan fingerprint density at radius 3 is 2.16 bits per heavy atom. The largest absolute Gasteiger partial charge is 0.346 e. The average Bonchev–Trinajstić information content (AvgIpc) is 3.61. The first-order valence-corrected chi connectivity index (χ1v) is 15.6. The highest BCUT2D eigenvalue weighted by Crippen LogP contribution is 2.31. The highest BCUT2D eigenvalue weighted by atomic mass is 16.2. The fourth-order valence-corrected chi connectivity index (χ4v) is 5.45.